The van der Waals surface area contributed by atoms with Gasteiger partial charge in [0.1, 0.15) is 9.75 Å². The molecule has 6 nitrogen and oxygen atoms in total. The van der Waals surface area contributed by atoms with Crippen molar-refractivity contribution in [1.82, 2.24) is 10.6 Å². The quantitative estimate of drug-likeness (QED) is 0.600. The van der Waals surface area contributed by atoms with Crippen LogP contribution in [0.4, 0.5) is 4.79 Å². The summed E-state index contributed by atoms with van der Waals surface area (Å²) in [5.41, 5.74) is -1.00. The Morgan fingerprint density at radius 2 is 1.83 bits per heavy atom. The molecule has 1 aliphatic carbocycles. The van der Waals surface area contributed by atoms with Crippen LogP contribution in [-0.4, -0.2) is 35.4 Å². The van der Waals surface area contributed by atoms with Crippen LogP contribution in [0.5, 0.6) is 0 Å². The van der Waals surface area contributed by atoms with E-state index in [-0.39, 0.29) is 6.42 Å². The van der Waals surface area contributed by atoms with E-state index in [4.69, 9.17) is 27.9 Å². The zero-order valence-corrected chi connectivity index (χ0v) is 11.7. The zero-order chi connectivity index (χ0) is 14.1. The van der Waals surface area contributed by atoms with Gasteiger partial charge in [0.15, 0.2) is 6.10 Å². The van der Waals surface area contributed by atoms with E-state index < -0.39 is 33.8 Å². The topological polar surface area (TPSA) is 84.5 Å². The SMILES string of the molecule is CNC(=O)NC(=O)[C@H](C)OC(=O)[C@@]1(C)CC1(Cl)Cl. The van der Waals surface area contributed by atoms with Crippen LogP contribution in [0.3, 0.4) is 0 Å². The summed E-state index contributed by atoms with van der Waals surface area (Å²) in [4.78, 5) is 34.1. The lowest BCUT2D eigenvalue weighted by Crippen LogP contribution is -2.44. The molecule has 0 aromatic carbocycles. The summed E-state index contributed by atoms with van der Waals surface area (Å²) in [5.74, 6) is -1.38. The van der Waals surface area contributed by atoms with Crippen molar-refractivity contribution in [3.8, 4) is 0 Å². The number of amides is 3. The number of alkyl halides is 2. The number of urea groups is 1. The molecule has 18 heavy (non-hydrogen) atoms. The van der Waals surface area contributed by atoms with Gasteiger partial charge in [-0.05, 0) is 13.8 Å². The van der Waals surface area contributed by atoms with E-state index >= 15 is 0 Å². The van der Waals surface area contributed by atoms with E-state index in [1.807, 2.05) is 5.32 Å². The number of rotatable bonds is 3. The first-order valence-electron chi connectivity index (χ1n) is 5.25. The third-order valence-corrected chi connectivity index (χ3v) is 3.93. The third-order valence-electron chi connectivity index (χ3n) is 2.83. The molecule has 0 unspecified atom stereocenters. The molecule has 1 aliphatic rings. The van der Waals surface area contributed by atoms with Crippen molar-refractivity contribution in [2.24, 2.45) is 5.41 Å². The molecular weight excluding hydrogens is 283 g/mol. The molecule has 102 valence electrons. The molecule has 0 saturated heterocycles. The molecule has 0 heterocycles. The fraction of sp³-hybridized carbons (Fsp3) is 0.700. The Labute approximate surface area is 114 Å². The molecule has 0 aromatic heterocycles. The normalized spacial score (nSPS) is 25.8. The van der Waals surface area contributed by atoms with Gasteiger partial charge in [-0.15, -0.1) is 23.2 Å². The van der Waals surface area contributed by atoms with Gasteiger partial charge in [0.2, 0.25) is 0 Å². The molecule has 0 aliphatic heterocycles. The number of carbonyl (C=O) groups is 3. The van der Waals surface area contributed by atoms with E-state index in [0.717, 1.165) is 0 Å². The molecule has 3 amide bonds. The number of hydrogen-bond donors (Lipinski definition) is 2. The van der Waals surface area contributed by atoms with Gasteiger partial charge in [-0.3, -0.25) is 14.9 Å². The monoisotopic (exact) mass is 296 g/mol. The summed E-state index contributed by atoms with van der Waals surface area (Å²) >= 11 is 11.6. The number of halogens is 2. The molecule has 1 fully saturated rings. The Kier molecular flexibility index (Phi) is 4.12. The number of nitrogens with one attached hydrogen (secondary N) is 2. The summed E-state index contributed by atoms with van der Waals surface area (Å²) in [6.45, 7) is 2.91. The smallest absolute Gasteiger partial charge is 0.321 e. The highest BCUT2D eigenvalue weighted by Crippen LogP contribution is 2.64. The van der Waals surface area contributed by atoms with Crippen molar-refractivity contribution in [2.45, 2.75) is 30.7 Å². The zero-order valence-electron chi connectivity index (χ0n) is 10.2. The average molecular weight is 297 g/mol. The predicted molar refractivity (Wildman–Crippen MR) is 65.3 cm³/mol. The van der Waals surface area contributed by atoms with Crippen molar-refractivity contribution < 1.29 is 19.1 Å². The standard InChI is InChI=1S/C10H14Cl2N2O4/c1-5(6(15)14-8(17)13-3)18-7(16)9(2)4-10(9,11)12/h5H,4H2,1-3H3,(H2,13,14,15,17)/t5-,9+/m0/s1. The second kappa shape index (κ2) is 4.93. The highest BCUT2D eigenvalue weighted by atomic mass is 35.5. The highest BCUT2D eigenvalue weighted by Gasteiger charge is 2.69. The number of carbonyl (C=O) groups excluding carboxylic acids is 3. The van der Waals surface area contributed by atoms with Crippen molar-refractivity contribution in [3.05, 3.63) is 0 Å². The summed E-state index contributed by atoms with van der Waals surface area (Å²) in [7, 11) is 1.36. The van der Waals surface area contributed by atoms with Crippen LogP contribution in [0, 0.1) is 5.41 Å². The second-order valence-corrected chi connectivity index (χ2v) is 5.81. The lowest BCUT2D eigenvalue weighted by atomic mass is 10.1. The maximum Gasteiger partial charge on any atom is 0.321 e. The maximum atomic E-state index is 11.7. The van der Waals surface area contributed by atoms with Gasteiger partial charge in [-0.2, -0.15) is 0 Å². The molecular formula is C10H14Cl2N2O4. The van der Waals surface area contributed by atoms with Crippen LogP contribution in [0.15, 0.2) is 0 Å². The Hall–Kier alpha value is -1.01. The fourth-order valence-electron chi connectivity index (χ4n) is 1.24. The van der Waals surface area contributed by atoms with Gasteiger partial charge < -0.3 is 10.1 Å². The van der Waals surface area contributed by atoms with Gasteiger partial charge in [-0.1, -0.05) is 0 Å². The van der Waals surface area contributed by atoms with E-state index in [1.165, 1.54) is 14.0 Å². The minimum Gasteiger partial charge on any atom is -0.452 e. The lowest BCUT2D eigenvalue weighted by molar-refractivity contribution is -0.159. The molecule has 8 heteroatoms. The van der Waals surface area contributed by atoms with Crippen molar-refractivity contribution >= 4 is 41.1 Å². The Bertz CT molecular complexity index is 399. The Morgan fingerprint density at radius 1 is 1.33 bits per heavy atom. The molecule has 2 N–H and O–H groups in total. The van der Waals surface area contributed by atoms with Gasteiger partial charge >= 0.3 is 12.0 Å². The van der Waals surface area contributed by atoms with Crippen LogP contribution in [-0.2, 0) is 14.3 Å². The summed E-state index contributed by atoms with van der Waals surface area (Å²) in [6, 6.07) is -0.676. The maximum absolute atomic E-state index is 11.7. The van der Waals surface area contributed by atoms with E-state index in [9.17, 15) is 14.4 Å². The molecule has 1 saturated carbocycles. The second-order valence-electron chi connectivity index (χ2n) is 4.33. The van der Waals surface area contributed by atoms with Crippen molar-refractivity contribution in [1.29, 1.82) is 0 Å². The Balaban J connectivity index is 2.51. The van der Waals surface area contributed by atoms with E-state index in [2.05, 4.69) is 5.32 Å². The summed E-state index contributed by atoms with van der Waals surface area (Å²) in [6.07, 6.45) is -0.831. The van der Waals surface area contributed by atoms with Crippen LogP contribution < -0.4 is 10.6 Å². The van der Waals surface area contributed by atoms with E-state index in [1.54, 1.807) is 6.92 Å². The first-order valence-corrected chi connectivity index (χ1v) is 6.01. The van der Waals surface area contributed by atoms with Gasteiger partial charge in [-0.25, -0.2) is 4.79 Å². The summed E-state index contributed by atoms with van der Waals surface area (Å²) < 4.78 is 3.77. The number of ether oxygens (including phenoxy) is 1. The van der Waals surface area contributed by atoms with Crippen LogP contribution in [0.25, 0.3) is 0 Å². The molecule has 0 radical (unpaired) electrons. The Morgan fingerprint density at radius 3 is 2.22 bits per heavy atom. The summed E-state index contributed by atoms with van der Waals surface area (Å²) in [5, 5.41) is 4.20. The van der Waals surface area contributed by atoms with Crippen molar-refractivity contribution in [2.75, 3.05) is 7.05 Å². The molecule has 0 aromatic rings. The molecule has 2 atom stereocenters. The highest BCUT2D eigenvalue weighted by molar-refractivity contribution is 6.53. The number of hydrogen-bond acceptors (Lipinski definition) is 4. The van der Waals surface area contributed by atoms with E-state index in [0.29, 0.717) is 0 Å². The van der Waals surface area contributed by atoms with Gasteiger partial charge in [0, 0.05) is 13.5 Å². The van der Waals surface area contributed by atoms with Gasteiger partial charge in [0.05, 0.1) is 0 Å². The third kappa shape index (κ3) is 2.87. The first kappa shape index (κ1) is 15.0. The predicted octanol–water partition coefficient (Wildman–Crippen LogP) is 0.958. The van der Waals surface area contributed by atoms with Gasteiger partial charge in [0.25, 0.3) is 5.91 Å². The molecule has 0 bridgehead atoms. The number of imide groups is 1. The van der Waals surface area contributed by atoms with Crippen LogP contribution >= 0.6 is 23.2 Å². The lowest BCUT2D eigenvalue weighted by Gasteiger charge is -2.16. The van der Waals surface area contributed by atoms with Crippen LogP contribution in [0.1, 0.15) is 20.3 Å². The fourth-order valence-corrected chi connectivity index (χ4v) is 1.93. The molecule has 0 spiro atoms. The number of esters is 1. The first-order chi connectivity index (χ1) is 8.14. The van der Waals surface area contributed by atoms with Crippen LogP contribution in [0.2, 0.25) is 0 Å². The molecule has 1 rings (SSSR count). The minimum absolute atomic E-state index is 0.270. The van der Waals surface area contributed by atoms with Crippen molar-refractivity contribution in [3.63, 3.8) is 0 Å². The average Bonchev–Trinajstić information content (AvgIpc) is 2.79. The minimum atomic E-state index is -1.15. The largest absolute Gasteiger partial charge is 0.452 e.